The topological polar surface area (TPSA) is 104 Å². The number of aromatic amines is 1. The third kappa shape index (κ3) is 3.16. The van der Waals surface area contributed by atoms with Gasteiger partial charge in [0.25, 0.3) is 11.5 Å². The summed E-state index contributed by atoms with van der Waals surface area (Å²) in [5, 5.41) is 13.1. The van der Waals surface area contributed by atoms with Crippen molar-refractivity contribution in [2.45, 2.75) is 18.9 Å². The summed E-state index contributed by atoms with van der Waals surface area (Å²) in [6, 6.07) is 8.55. The lowest BCUT2D eigenvalue weighted by Gasteiger charge is -2.05. The van der Waals surface area contributed by atoms with E-state index in [4.69, 9.17) is 0 Å². The molecule has 1 aliphatic rings. The Kier molecular flexibility index (Phi) is 4.02. The Balaban J connectivity index is 1.46. The highest BCUT2D eigenvalue weighted by Gasteiger charge is 2.20. The molecule has 0 aromatic carbocycles. The average Bonchev–Trinajstić information content (AvgIpc) is 3.31. The van der Waals surface area contributed by atoms with Gasteiger partial charge in [-0.3, -0.25) is 19.1 Å². The van der Waals surface area contributed by atoms with E-state index in [0.717, 1.165) is 25.2 Å². The molecule has 8 nitrogen and oxygen atoms in total. The summed E-state index contributed by atoms with van der Waals surface area (Å²) in [5.74, 6) is 0.0831. The number of amides is 1. The molecule has 25 heavy (non-hydrogen) atoms. The number of H-pyrrole nitrogens is 1. The van der Waals surface area contributed by atoms with E-state index >= 15 is 0 Å². The number of carbonyl (C=O) groups excluding carboxylic acids is 1. The van der Waals surface area contributed by atoms with Gasteiger partial charge in [-0.15, -0.1) is 0 Å². The number of hydrogen-bond donors (Lipinski definition) is 3. The van der Waals surface area contributed by atoms with Gasteiger partial charge in [-0.05, 0) is 31.2 Å². The standard InChI is InChI=1S/C17H18N6O2/c24-16-7-12(20-15-3-1-2-6-23(15)16)10-19-17(25)14-8-13(21-22-14)11-4-5-18-9-11/h1-3,6-8,11,18H,4-5,9-10H2,(H,19,25)(H,21,22). The van der Waals surface area contributed by atoms with Crippen LogP contribution in [-0.4, -0.2) is 38.6 Å². The zero-order valence-electron chi connectivity index (χ0n) is 13.5. The predicted octanol–water partition coefficient (Wildman–Crippen LogP) is 0.424. The van der Waals surface area contributed by atoms with E-state index in [1.165, 1.54) is 10.5 Å². The van der Waals surface area contributed by atoms with Crippen LogP contribution in [0.15, 0.2) is 41.3 Å². The van der Waals surface area contributed by atoms with E-state index < -0.39 is 0 Å². The van der Waals surface area contributed by atoms with Gasteiger partial charge in [0.15, 0.2) is 0 Å². The number of carbonyl (C=O) groups is 1. The molecule has 0 aliphatic carbocycles. The maximum Gasteiger partial charge on any atom is 0.272 e. The Morgan fingerprint density at radius 3 is 3.12 bits per heavy atom. The second-order valence-electron chi connectivity index (χ2n) is 6.10. The first-order chi connectivity index (χ1) is 12.2. The Bertz CT molecular complexity index is 970. The van der Waals surface area contributed by atoms with Crippen LogP contribution in [-0.2, 0) is 6.54 Å². The van der Waals surface area contributed by atoms with Crippen molar-refractivity contribution in [2.75, 3.05) is 13.1 Å². The molecule has 0 radical (unpaired) electrons. The molecule has 1 aliphatic heterocycles. The maximum atomic E-state index is 12.3. The van der Waals surface area contributed by atoms with Gasteiger partial charge >= 0.3 is 0 Å². The normalized spacial score (nSPS) is 17.0. The number of pyridine rings is 1. The first-order valence-electron chi connectivity index (χ1n) is 8.22. The molecule has 4 heterocycles. The number of nitrogens with zero attached hydrogens (tertiary/aromatic N) is 3. The molecule has 8 heteroatoms. The second-order valence-corrected chi connectivity index (χ2v) is 6.10. The molecule has 0 spiro atoms. The fraction of sp³-hybridized carbons (Fsp3) is 0.294. The van der Waals surface area contributed by atoms with Crippen molar-refractivity contribution in [1.29, 1.82) is 0 Å². The largest absolute Gasteiger partial charge is 0.345 e. The number of fused-ring (bicyclic) bond motifs is 1. The van der Waals surface area contributed by atoms with E-state index in [1.807, 2.05) is 6.07 Å². The Hall–Kier alpha value is -3.00. The lowest BCUT2D eigenvalue weighted by atomic mass is 10.1. The Morgan fingerprint density at radius 1 is 1.36 bits per heavy atom. The Labute approximate surface area is 143 Å². The van der Waals surface area contributed by atoms with Crippen LogP contribution >= 0.6 is 0 Å². The van der Waals surface area contributed by atoms with Crippen molar-refractivity contribution < 1.29 is 4.79 Å². The number of nitrogens with one attached hydrogen (secondary N) is 3. The van der Waals surface area contributed by atoms with Gasteiger partial charge in [0, 0.05) is 30.4 Å². The fourth-order valence-corrected chi connectivity index (χ4v) is 3.04. The van der Waals surface area contributed by atoms with E-state index in [2.05, 4.69) is 25.8 Å². The summed E-state index contributed by atoms with van der Waals surface area (Å²) < 4.78 is 1.46. The van der Waals surface area contributed by atoms with Crippen LogP contribution in [0.25, 0.3) is 5.65 Å². The minimum Gasteiger partial charge on any atom is -0.345 e. The quantitative estimate of drug-likeness (QED) is 0.640. The van der Waals surface area contributed by atoms with Crippen LogP contribution in [0, 0.1) is 0 Å². The molecular weight excluding hydrogens is 320 g/mol. The number of rotatable bonds is 4. The van der Waals surface area contributed by atoms with Gasteiger partial charge in [-0.25, -0.2) is 4.98 Å². The summed E-state index contributed by atoms with van der Waals surface area (Å²) in [6.45, 7) is 2.05. The van der Waals surface area contributed by atoms with Crippen LogP contribution in [0.4, 0.5) is 0 Å². The van der Waals surface area contributed by atoms with Gasteiger partial charge in [-0.2, -0.15) is 5.10 Å². The summed E-state index contributed by atoms with van der Waals surface area (Å²) in [6.07, 6.45) is 2.70. The van der Waals surface area contributed by atoms with Crippen molar-refractivity contribution in [1.82, 2.24) is 30.2 Å². The smallest absolute Gasteiger partial charge is 0.272 e. The first-order valence-corrected chi connectivity index (χ1v) is 8.22. The molecule has 3 N–H and O–H groups in total. The van der Waals surface area contributed by atoms with Gasteiger partial charge in [0.1, 0.15) is 11.3 Å². The minimum absolute atomic E-state index is 0.173. The van der Waals surface area contributed by atoms with E-state index in [0.29, 0.717) is 23.0 Å². The zero-order valence-corrected chi connectivity index (χ0v) is 13.5. The molecule has 1 atom stereocenters. The lowest BCUT2D eigenvalue weighted by Crippen LogP contribution is -2.25. The summed E-state index contributed by atoms with van der Waals surface area (Å²) in [4.78, 5) is 28.7. The lowest BCUT2D eigenvalue weighted by molar-refractivity contribution is 0.0945. The summed E-state index contributed by atoms with van der Waals surface area (Å²) in [5.41, 5.74) is 2.21. The second kappa shape index (κ2) is 6.48. The monoisotopic (exact) mass is 338 g/mol. The fourth-order valence-electron chi connectivity index (χ4n) is 3.04. The molecule has 3 aromatic rings. The molecular formula is C17H18N6O2. The van der Waals surface area contributed by atoms with E-state index in [9.17, 15) is 9.59 Å². The van der Waals surface area contributed by atoms with Crippen LogP contribution < -0.4 is 16.2 Å². The molecule has 1 fully saturated rings. The SMILES string of the molecule is O=C(NCc1cc(=O)n2ccccc2n1)c1cc(C2CCNC2)[nH]n1. The molecule has 1 saturated heterocycles. The number of hydrogen-bond acceptors (Lipinski definition) is 5. The Morgan fingerprint density at radius 2 is 2.28 bits per heavy atom. The molecule has 1 unspecified atom stereocenters. The van der Waals surface area contributed by atoms with Crippen LogP contribution in [0.2, 0.25) is 0 Å². The van der Waals surface area contributed by atoms with Gasteiger partial charge < -0.3 is 10.6 Å². The molecule has 1 amide bonds. The maximum absolute atomic E-state index is 12.3. The van der Waals surface area contributed by atoms with Crippen LogP contribution in [0.3, 0.4) is 0 Å². The average molecular weight is 338 g/mol. The van der Waals surface area contributed by atoms with E-state index in [-0.39, 0.29) is 18.0 Å². The minimum atomic E-state index is -0.288. The number of aromatic nitrogens is 4. The summed E-state index contributed by atoms with van der Waals surface area (Å²) >= 11 is 0. The molecule has 128 valence electrons. The van der Waals surface area contributed by atoms with Crippen molar-refractivity contribution in [3.8, 4) is 0 Å². The van der Waals surface area contributed by atoms with Crippen molar-refractivity contribution >= 4 is 11.6 Å². The molecule has 0 bridgehead atoms. The third-order valence-corrected chi connectivity index (χ3v) is 4.38. The molecule has 0 saturated carbocycles. The van der Waals surface area contributed by atoms with Crippen molar-refractivity contribution in [2.24, 2.45) is 0 Å². The van der Waals surface area contributed by atoms with Gasteiger partial charge in [0.05, 0.1) is 12.2 Å². The zero-order chi connectivity index (χ0) is 17.2. The first kappa shape index (κ1) is 15.5. The van der Waals surface area contributed by atoms with Gasteiger partial charge in [0.2, 0.25) is 0 Å². The predicted molar refractivity (Wildman–Crippen MR) is 91.4 cm³/mol. The highest BCUT2D eigenvalue weighted by molar-refractivity contribution is 5.92. The summed E-state index contributed by atoms with van der Waals surface area (Å²) in [7, 11) is 0. The van der Waals surface area contributed by atoms with Crippen molar-refractivity contribution in [3.05, 3.63) is 64.0 Å². The molecule has 4 rings (SSSR count). The van der Waals surface area contributed by atoms with E-state index in [1.54, 1.807) is 24.4 Å². The van der Waals surface area contributed by atoms with Crippen molar-refractivity contribution in [3.63, 3.8) is 0 Å². The molecule has 3 aromatic heterocycles. The van der Waals surface area contributed by atoms with Gasteiger partial charge in [-0.1, -0.05) is 6.07 Å². The van der Waals surface area contributed by atoms with Crippen LogP contribution in [0.5, 0.6) is 0 Å². The third-order valence-electron chi connectivity index (χ3n) is 4.38. The highest BCUT2D eigenvalue weighted by atomic mass is 16.2. The van der Waals surface area contributed by atoms with Crippen LogP contribution in [0.1, 0.15) is 34.2 Å². The highest BCUT2D eigenvalue weighted by Crippen LogP contribution is 2.20.